The van der Waals surface area contributed by atoms with E-state index in [1.807, 2.05) is 0 Å². The molecule has 0 bridgehead atoms. The van der Waals surface area contributed by atoms with E-state index in [2.05, 4.69) is 15.3 Å². The first-order valence-electron chi connectivity index (χ1n) is 5.06. The van der Waals surface area contributed by atoms with Crippen LogP contribution in [0.25, 0.3) is 0 Å². The lowest BCUT2D eigenvalue weighted by molar-refractivity contribution is 0.0519. The maximum absolute atomic E-state index is 11.4. The van der Waals surface area contributed by atoms with Gasteiger partial charge in [-0.3, -0.25) is 0 Å². The van der Waals surface area contributed by atoms with Crippen molar-refractivity contribution in [3.8, 4) is 0 Å². The number of rotatable bonds is 4. The molecule has 80 valence electrons. The molecular weight excluding hydrogens is 194 g/mol. The summed E-state index contributed by atoms with van der Waals surface area (Å²) in [5.41, 5.74) is 0.301. The molecule has 0 atom stereocenters. The molecule has 1 N–H and O–H groups in total. The van der Waals surface area contributed by atoms with Crippen molar-refractivity contribution < 1.29 is 9.53 Å². The van der Waals surface area contributed by atoms with Crippen molar-refractivity contribution in [3.05, 3.63) is 18.0 Å². The molecule has 0 unspecified atom stereocenters. The number of aromatic nitrogens is 2. The number of anilines is 1. The van der Waals surface area contributed by atoms with Gasteiger partial charge < -0.3 is 10.1 Å². The number of nitrogens with one attached hydrogen (secondary N) is 1. The quantitative estimate of drug-likeness (QED) is 0.752. The van der Waals surface area contributed by atoms with Gasteiger partial charge in [-0.15, -0.1) is 0 Å². The minimum Gasteiger partial charge on any atom is -0.461 e. The summed E-state index contributed by atoms with van der Waals surface area (Å²) in [6.45, 7) is 2.12. The zero-order valence-corrected chi connectivity index (χ0v) is 8.56. The summed E-state index contributed by atoms with van der Waals surface area (Å²) < 4.78 is 4.85. The lowest BCUT2D eigenvalue weighted by atomic mass is 10.4. The Morgan fingerprint density at radius 1 is 1.67 bits per heavy atom. The predicted molar refractivity (Wildman–Crippen MR) is 54.6 cm³/mol. The van der Waals surface area contributed by atoms with E-state index in [1.54, 1.807) is 19.2 Å². The van der Waals surface area contributed by atoms with E-state index in [0.717, 1.165) is 12.8 Å². The van der Waals surface area contributed by atoms with Gasteiger partial charge in [-0.2, -0.15) is 0 Å². The Morgan fingerprint density at radius 3 is 3.13 bits per heavy atom. The van der Waals surface area contributed by atoms with E-state index < -0.39 is 5.97 Å². The molecule has 5 nitrogen and oxygen atoms in total. The summed E-state index contributed by atoms with van der Waals surface area (Å²) in [6.07, 6.45) is 3.85. The molecule has 0 aromatic carbocycles. The van der Waals surface area contributed by atoms with Crippen molar-refractivity contribution in [1.29, 1.82) is 0 Å². The molecule has 1 fully saturated rings. The first kappa shape index (κ1) is 9.89. The molecule has 0 aliphatic heterocycles. The Morgan fingerprint density at radius 2 is 2.47 bits per heavy atom. The Hall–Kier alpha value is -1.65. The van der Waals surface area contributed by atoms with E-state index in [0.29, 0.717) is 24.3 Å². The second-order valence-electron chi connectivity index (χ2n) is 3.40. The fourth-order valence-corrected chi connectivity index (χ4v) is 1.16. The summed E-state index contributed by atoms with van der Waals surface area (Å²) in [5, 5.41) is 3.12. The monoisotopic (exact) mass is 207 g/mol. The second-order valence-corrected chi connectivity index (χ2v) is 3.40. The Bertz CT molecular complexity index is 363. The van der Waals surface area contributed by atoms with Crippen LogP contribution in [0, 0.1) is 0 Å². The molecule has 0 spiro atoms. The van der Waals surface area contributed by atoms with E-state index >= 15 is 0 Å². The first-order valence-corrected chi connectivity index (χ1v) is 5.06. The van der Waals surface area contributed by atoms with Gasteiger partial charge in [0.05, 0.1) is 6.61 Å². The lowest BCUT2D eigenvalue weighted by Gasteiger charge is -2.04. The van der Waals surface area contributed by atoms with Crippen LogP contribution in [0.1, 0.15) is 30.3 Å². The maximum atomic E-state index is 11.4. The summed E-state index contributed by atoms with van der Waals surface area (Å²) in [6, 6.07) is 2.03. The van der Waals surface area contributed by atoms with E-state index in [9.17, 15) is 4.79 Å². The van der Waals surface area contributed by atoms with Crippen molar-refractivity contribution in [2.24, 2.45) is 0 Å². The van der Waals surface area contributed by atoms with E-state index in [4.69, 9.17) is 4.74 Å². The lowest BCUT2D eigenvalue weighted by Crippen LogP contribution is -2.11. The maximum Gasteiger partial charge on any atom is 0.357 e. The molecule has 1 aromatic rings. The zero-order valence-electron chi connectivity index (χ0n) is 8.56. The predicted octanol–water partition coefficient (Wildman–Crippen LogP) is 1.23. The molecule has 15 heavy (non-hydrogen) atoms. The van der Waals surface area contributed by atoms with Crippen LogP contribution >= 0.6 is 0 Å². The van der Waals surface area contributed by atoms with Crippen LogP contribution in [0.15, 0.2) is 12.3 Å². The van der Waals surface area contributed by atoms with Gasteiger partial charge >= 0.3 is 5.97 Å². The highest BCUT2D eigenvalue weighted by Gasteiger charge is 2.22. The van der Waals surface area contributed by atoms with Crippen molar-refractivity contribution in [2.45, 2.75) is 25.8 Å². The summed E-state index contributed by atoms with van der Waals surface area (Å²) in [4.78, 5) is 19.5. The summed E-state index contributed by atoms with van der Waals surface area (Å²) >= 11 is 0. The third-order valence-electron chi connectivity index (χ3n) is 2.05. The SMILES string of the molecule is CCOC(=O)c1ccnc(NC2CC2)n1. The van der Waals surface area contributed by atoms with Gasteiger partial charge in [-0.25, -0.2) is 14.8 Å². The van der Waals surface area contributed by atoms with E-state index in [1.165, 1.54) is 0 Å². The zero-order chi connectivity index (χ0) is 10.7. The van der Waals surface area contributed by atoms with Crippen LogP contribution in [0.5, 0.6) is 0 Å². The average molecular weight is 207 g/mol. The van der Waals surface area contributed by atoms with Crippen LogP contribution in [0.4, 0.5) is 5.95 Å². The molecular formula is C10H13N3O2. The molecule has 1 saturated carbocycles. The average Bonchev–Trinajstić information content (AvgIpc) is 3.03. The molecule has 0 amide bonds. The Balaban J connectivity index is 2.06. The smallest absolute Gasteiger partial charge is 0.357 e. The molecule has 1 aromatic heterocycles. The largest absolute Gasteiger partial charge is 0.461 e. The van der Waals surface area contributed by atoms with Crippen LogP contribution in [0.2, 0.25) is 0 Å². The number of nitrogens with zero attached hydrogens (tertiary/aromatic N) is 2. The number of esters is 1. The van der Waals surface area contributed by atoms with Crippen LogP contribution in [0.3, 0.4) is 0 Å². The molecule has 0 saturated heterocycles. The third-order valence-corrected chi connectivity index (χ3v) is 2.05. The van der Waals surface area contributed by atoms with Crippen LogP contribution in [-0.4, -0.2) is 28.6 Å². The van der Waals surface area contributed by atoms with Crippen molar-refractivity contribution in [2.75, 3.05) is 11.9 Å². The number of carbonyl (C=O) groups excluding carboxylic acids is 1. The molecule has 5 heteroatoms. The van der Waals surface area contributed by atoms with Gasteiger partial charge in [0, 0.05) is 12.2 Å². The summed E-state index contributed by atoms with van der Waals surface area (Å²) in [7, 11) is 0. The van der Waals surface area contributed by atoms with Gasteiger partial charge in [0.15, 0.2) is 5.69 Å². The number of hydrogen-bond acceptors (Lipinski definition) is 5. The standard InChI is InChI=1S/C10H13N3O2/c1-2-15-9(14)8-5-6-11-10(13-8)12-7-3-4-7/h5-7H,2-4H2,1H3,(H,11,12,13). The van der Waals surface area contributed by atoms with Crippen molar-refractivity contribution in [1.82, 2.24) is 9.97 Å². The van der Waals surface area contributed by atoms with E-state index in [-0.39, 0.29) is 0 Å². The number of carbonyl (C=O) groups is 1. The van der Waals surface area contributed by atoms with Gasteiger partial charge in [-0.05, 0) is 25.8 Å². The topological polar surface area (TPSA) is 64.1 Å². The summed E-state index contributed by atoms with van der Waals surface area (Å²) in [5.74, 6) is 0.0989. The molecule has 1 aliphatic rings. The second kappa shape index (κ2) is 4.25. The number of ether oxygens (including phenoxy) is 1. The minimum atomic E-state index is -0.404. The van der Waals surface area contributed by atoms with Crippen molar-refractivity contribution >= 4 is 11.9 Å². The van der Waals surface area contributed by atoms with Gasteiger partial charge in [0.25, 0.3) is 0 Å². The minimum absolute atomic E-state index is 0.301. The fourth-order valence-electron chi connectivity index (χ4n) is 1.16. The van der Waals surface area contributed by atoms with Crippen LogP contribution in [-0.2, 0) is 4.74 Å². The highest BCUT2D eigenvalue weighted by atomic mass is 16.5. The molecule has 1 aliphatic carbocycles. The highest BCUT2D eigenvalue weighted by molar-refractivity contribution is 5.87. The van der Waals surface area contributed by atoms with Gasteiger partial charge in [0.1, 0.15) is 0 Å². The van der Waals surface area contributed by atoms with Crippen molar-refractivity contribution in [3.63, 3.8) is 0 Å². The highest BCUT2D eigenvalue weighted by Crippen LogP contribution is 2.22. The Kier molecular flexibility index (Phi) is 2.80. The van der Waals surface area contributed by atoms with Crippen LogP contribution < -0.4 is 5.32 Å². The first-order chi connectivity index (χ1) is 7.29. The van der Waals surface area contributed by atoms with Gasteiger partial charge in [-0.1, -0.05) is 0 Å². The third kappa shape index (κ3) is 2.65. The fraction of sp³-hybridized carbons (Fsp3) is 0.500. The normalized spacial score (nSPS) is 14.7. The Labute approximate surface area is 87.9 Å². The molecule has 1 heterocycles. The number of hydrogen-bond donors (Lipinski definition) is 1. The molecule has 2 rings (SSSR count). The van der Waals surface area contributed by atoms with Gasteiger partial charge in [0.2, 0.25) is 5.95 Å². The molecule has 0 radical (unpaired) electrons.